The molecule has 2 N–H and O–H groups in total. The van der Waals surface area contributed by atoms with Crippen molar-refractivity contribution in [2.75, 3.05) is 19.8 Å². The quantitative estimate of drug-likeness (QED) is 0.834. The lowest BCUT2D eigenvalue weighted by Gasteiger charge is -2.21. The number of fused-ring (bicyclic) bond motifs is 1. The fraction of sp³-hybridized carbons (Fsp3) is 0.571. The highest BCUT2D eigenvalue weighted by Gasteiger charge is 2.15. The minimum Gasteiger partial charge on any atom is -0.486 e. The lowest BCUT2D eigenvalue weighted by atomic mass is 10.1. The highest BCUT2D eigenvalue weighted by atomic mass is 16.6. The van der Waals surface area contributed by atoms with Gasteiger partial charge >= 0.3 is 0 Å². The first-order valence-corrected chi connectivity index (χ1v) is 6.44. The molecule has 4 heteroatoms. The van der Waals surface area contributed by atoms with Crippen molar-refractivity contribution in [1.82, 2.24) is 5.32 Å². The van der Waals surface area contributed by atoms with Crippen molar-refractivity contribution in [3.8, 4) is 11.5 Å². The van der Waals surface area contributed by atoms with E-state index in [9.17, 15) is 5.11 Å². The second-order valence-corrected chi connectivity index (χ2v) is 4.88. The van der Waals surface area contributed by atoms with E-state index >= 15 is 0 Å². The van der Waals surface area contributed by atoms with E-state index in [1.807, 2.05) is 32.0 Å². The van der Waals surface area contributed by atoms with Crippen molar-refractivity contribution in [3.63, 3.8) is 0 Å². The van der Waals surface area contributed by atoms with E-state index in [1.165, 1.54) is 0 Å². The van der Waals surface area contributed by atoms with Crippen molar-refractivity contribution in [2.24, 2.45) is 5.92 Å². The Bertz CT molecular complexity index is 393. The van der Waals surface area contributed by atoms with E-state index in [1.54, 1.807) is 0 Å². The molecule has 0 spiro atoms. The average molecular weight is 251 g/mol. The van der Waals surface area contributed by atoms with Gasteiger partial charge in [-0.05, 0) is 12.0 Å². The summed E-state index contributed by atoms with van der Waals surface area (Å²) in [6, 6.07) is 5.90. The van der Waals surface area contributed by atoms with Crippen LogP contribution in [0.15, 0.2) is 18.2 Å². The van der Waals surface area contributed by atoms with Crippen LogP contribution in [-0.4, -0.2) is 31.0 Å². The van der Waals surface area contributed by atoms with E-state index < -0.39 is 0 Å². The van der Waals surface area contributed by atoms with Gasteiger partial charge in [0.2, 0.25) is 0 Å². The molecule has 1 aromatic rings. The molecule has 1 heterocycles. The summed E-state index contributed by atoms with van der Waals surface area (Å²) < 4.78 is 11.2. The van der Waals surface area contributed by atoms with Crippen LogP contribution < -0.4 is 14.8 Å². The Hall–Kier alpha value is -1.26. The Kier molecular flexibility index (Phi) is 4.44. The van der Waals surface area contributed by atoms with Gasteiger partial charge in [0.05, 0.1) is 6.10 Å². The minimum atomic E-state index is -0.318. The van der Waals surface area contributed by atoms with E-state index in [0.29, 0.717) is 26.3 Å². The summed E-state index contributed by atoms with van der Waals surface area (Å²) in [5.74, 6) is 1.90. The number of nitrogens with one attached hydrogen (secondary N) is 1. The van der Waals surface area contributed by atoms with Gasteiger partial charge in [0.25, 0.3) is 0 Å². The highest BCUT2D eigenvalue weighted by molar-refractivity contribution is 5.47. The third-order valence-electron chi connectivity index (χ3n) is 3.09. The molecule has 0 aliphatic carbocycles. The molecule has 1 aromatic carbocycles. The van der Waals surface area contributed by atoms with Crippen molar-refractivity contribution < 1.29 is 14.6 Å². The highest BCUT2D eigenvalue weighted by Crippen LogP contribution is 2.33. The maximum Gasteiger partial charge on any atom is 0.165 e. The van der Waals surface area contributed by atoms with Gasteiger partial charge in [0.15, 0.2) is 11.5 Å². The molecule has 1 atom stereocenters. The third kappa shape index (κ3) is 3.15. The van der Waals surface area contributed by atoms with Crippen LogP contribution in [-0.2, 0) is 6.54 Å². The SMILES string of the molecule is CC(C)C(O)CNCc1cccc2c1OCCO2. The first-order chi connectivity index (χ1) is 8.68. The number of aliphatic hydroxyl groups excluding tert-OH is 1. The molecule has 0 aromatic heterocycles. The Labute approximate surface area is 108 Å². The summed E-state index contributed by atoms with van der Waals surface area (Å²) in [6.45, 7) is 6.48. The zero-order valence-corrected chi connectivity index (χ0v) is 11.0. The zero-order valence-electron chi connectivity index (χ0n) is 11.0. The number of para-hydroxylation sites is 1. The lowest BCUT2D eigenvalue weighted by Crippen LogP contribution is -2.30. The van der Waals surface area contributed by atoms with Gasteiger partial charge in [-0.25, -0.2) is 0 Å². The van der Waals surface area contributed by atoms with Crippen LogP contribution in [0.5, 0.6) is 11.5 Å². The molecule has 0 bridgehead atoms. The third-order valence-corrected chi connectivity index (χ3v) is 3.09. The first-order valence-electron chi connectivity index (χ1n) is 6.44. The van der Waals surface area contributed by atoms with Gasteiger partial charge in [-0.15, -0.1) is 0 Å². The van der Waals surface area contributed by atoms with Crippen LogP contribution in [0, 0.1) is 5.92 Å². The normalized spacial score (nSPS) is 15.8. The van der Waals surface area contributed by atoms with Gasteiger partial charge in [0.1, 0.15) is 13.2 Å². The second-order valence-electron chi connectivity index (χ2n) is 4.88. The van der Waals surface area contributed by atoms with Crippen LogP contribution in [0.25, 0.3) is 0 Å². The molecular formula is C14H21NO3. The van der Waals surface area contributed by atoms with Crippen molar-refractivity contribution in [2.45, 2.75) is 26.5 Å². The van der Waals surface area contributed by atoms with E-state index in [2.05, 4.69) is 5.32 Å². The summed E-state index contributed by atoms with van der Waals surface area (Å²) in [6.07, 6.45) is -0.318. The molecule has 18 heavy (non-hydrogen) atoms. The van der Waals surface area contributed by atoms with Gasteiger partial charge in [-0.1, -0.05) is 26.0 Å². The van der Waals surface area contributed by atoms with E-state index in [-0.39, 0.29) is 12.0 Å². The maximum absolute atomic E-state index is 9.72. The van der Waals surface area contributed by atoms with E-state index in [0.717, 1.165) is 17.1 Å². The fourth-order valence-corrected chi connectivity index (χ4v) is 1.86. The van der Waals surface area contributed by atoms with Crippen molar-refractivity contribution in [3.05, 3.63) is 23.8 Å². The summed E-state index contributed by atoms with van der Waals surface area (Å²) in [5, 5.41) is 13.0. The number of hydrogen-bond donors (Lipinski definition) is 2. The molecule has 0 radical (unpaired) electrons. The predicted octanol–water partition coefficient (Wildman–Crippen LogP) is 1.56. The van der Waals surface area contributed by atoms with Crippen LogP contribution >= 0.6 is 0 Å². The molecule has 1 unspecified atom stereocenters. The molecule has 0 saturated carbocycles. The fourth-order valence-electron chi connectivity index (χ4n) is 1.86. The van der Waals surface area contributed by atoms with Crippen LogP contribution in [0.4, 0.5) is 0 Å². The Morgan fingerprint density at radius 1 is 1.28 bits per heavy atom. The van der Waals surface area contributed by atoms with Gasteiger partial charge < -0.3 is 19.9 Å². The largest absolute Gasteiger partial charge is 0.486 e. The van der Waals surface area contributed by atoms with Crippen molar-refractivity contribution in [1.29, 1.82) is 0 Å². The molecule has 0 saturated heterocycles. The predicted molar refractivity (Wildman–Crippen MR) is 70.0 cm³/mol. The smallest absolute Gasteiger partial charge is 0.165 e. The van der Waals surface area contributed by atoms with Crippen LogP contribution in [0.2, 0.25) is 0 Å². The summed E-state index contributed by atoms with van der Waals surface area (Å²) in [4.78, 5) is 0. The Balaban J connectivity index is 1.93. The standard InChI is InChI=1S/C14H21NO3/c1-10(2)12(16)9-15-8-11-4-3-5-13-14(11)18-7-6-17-13/h3-5,10,12,15-16H,6-9H2,1-2H3. The van der Waals surface area contributed by atoms with Gasteiger partial charge in [-0.2, -0.15) is 0 Å². The Morgan fingerprint density at radius 2 is 2.06 bits per heavy atom. The number of aliphatic hydroxyl groups is 1. The average Bonchev–Trinajstić information content (AvgIpc) is 2.38. The lowest BCUT2D eigenvalue weighted by molar-refractivity contribution is 0.123. The van der Waals surface area contributed by atoms with E-state index in [4.69, 9.17) is 9.47 Å². The van der Waals surface area contributed by atoms with Crippen molar-refractivity contribution >= 4 is 0 Å². The monoisotopic (exact) mass is 251 g/mol. The second kappa shape index (κ2) is 6.07. The molecule has 100 valence electrons. The van der Waals surface area contributed by atoms with Gasteiger partial charge in [-0.3, -0.25) is 0 Å². The maximum atomic E-state index is 9.72. The molecule has 1 aliphatic heterocycles. The molecular weight excluding hydrogens is 230 g/mol. The minimum absolute atomic E-state index is 0.266. The molecule has 2 rings (SSSR count). The summed E-state index contributed by atoms with van der Waals surface area (Å²) in [7, 11) is 0. The Morgan fingerprint density at radius 3 is 2.83 bits per heavy atom. The summed E-state index contributed by atoms with van der Waals surface area (Å²) in [5.41, 5.74) is 1.07. The number of ether oxygens (including phenoxy) is 2. The molecule has 0 amide bonds. The van der Waals surface area contributed by atoms with Crippen LogP contribution in [0.1, 0.15) is 19.4 Å². The molecule has 4 nitrogen and oxygen atoms in total. The topological polar surface area (TPSA) is 50.7 Å². The number of benzene rings is 1. The molecule has 0 fully saturated rings. The first kappa shape index (κ1) is 13.2. The van der Waals surface area contributed by atoms with Gasteiger partial charge in [0, 0.05) is 18.7 Å². The number of hydrogen-bond acceptors (Lipinski definition) is 4. The number of rotatable bonds is 5. The zero-order chi connectivity index (χ0) is 13.0. The molecule has 1 aliphatic rings. The summed E-state index contributed by atoms with van der Waals surface area (Å²) >= 11 is 0. The van der Waals surface area contributed by atoms with Crippen LogP contribution in [0.3, 0.4) is 0 Å².